The van der Waals surface area contributed by atoms with E-state index in [2.05, 4.69) is 16.6 Å². The molecule has 0 unspecified atom stereocenters. The molecule has 0 spiro atoms. The van der Waals surface area contributed by atoms with Gasteiger partial charge in [-0.2, -0.15) is 5.26 Å². The van der Waals surface area contributed by atoms with Crippen LogP contribution in [0.1, 0.15) is 11.1 Å². The first-order chi connectivity index (χ1) is 8.69. The molecule has 0 radical (unpaired) electrons. The Bertz CT molecular complexity index is 566. The van der Waals surface area contributed by atoms with Gasteiger partial charge in [-0.25, -0.2) is 4.99 Å². The van der Waals surface area contributed by atoms with E-state index in [0.717, 1.165) is 0 Å². The second-order valence-corrected chi connectivity index (χ2v) is 3.81. The summed E-state index contributed by atoms with van der Waals surface area (Å²) in [6.45, 7) is 3.41. The summed E-state index contributed by atoms with van der Waals surface area (Å²) in [7, 11) is 0. The normalized spacial score (nSPS) is 11.9. The van der Waals surface area contributed by atoms with Crippen LogP contribution in [-0.2, 0) is 0 Å². The first-order valence-corrected chi connectivity index (χ1v) is 5.67. The van der Waals surface area contributed by atoms with Crippen molar-refractivity contribution in [2.75, 3.05) is 0 Å². The van der Waals surface area contributed by atoms with Crippen molar-refractivity contribution in [3.05, 3.63) is 59.4 Å². The molecule has 1 aromatic carbocycles. The maximum atomic E-state index is 8.81. The standard InChI is InChI=1S/C13H9Cl2N3/c1-2-18-12(14)6-7-17-9-11-5-3-4-10(8-16)13(11)15/h2-7,9H,1H2/b7-6+,17-9+,18-12+. The number of halogens is 2. The first-order valence-electron chi connectivity index (χ1n) is 4.91. The summed E-state index contributed by atoms with van der Waals surface area (Å²) in [5, 5.41) is 9.47. The van der Waals surface area contributed by atoms with Crippen molar-refractivity contribution in [1.82, 2.24) is 0 Å². The third-order valence-corrected chi connectivity index (χ3v) is 2.52. The molecule has 0 saturated heterocycles. The SMILES string of the molecule is C=C\N=C(Cl)/C=C/N=C/c1cccc(C#N)c1Cl. The van der Waals surface area contributed by atoms with E-state index in [-0.39, 0.29) is 5.17 Å². The van der Waals surface area contributed by atoms with Gasteiger partial charge in [-0.1, -0.05) is 41.9 Å². The highest BCUT2D eigenvalue weighted by molar-refractivity contribution is 6.68. The zero-order valence-corrected chi connectivity index (χ0v) is 10.9. The average Bonchev–Trinajstić information content (AvgIpc) is 2.36. The Morgan fingerprint density at radius 3 is 2.89 bits per heavy atom. The molecule has 0 saturated carbocycles. The molecule has 0 N–H and O–H groups in total. The number of nitriles is 1. The van der Waals surface area contributed by atoms with Crippen LogP contribution in [0.15, 0.2) is 53.2 Å². The Morgan fingerprint density at radius 2 is 2.22 bits per heavy atom. The van der Waals surface area contributed by atoms with Crippen molar-refractivity contribution in [2.45, 2.75) is 0 Å². The quantitative estimate of drug-likeness (QED) is 0.770. The summed E-state index contributed by atoms with van der Waals surface area (Å²) in [5.41, 5.74) is 1.08. The summed E-state index contributed by atoms with van der Waals surface area (Å²) < 4.78 is 0. The number of hydrogen-bond acceptors (Lipinski definition) is 3. The molecule has 5 heteroatoms. The average molecular weight is 278 g/mol. The molecule has 1 rings (SSSR count). The second-order valence-electron chi connectivity index (χ2n) is 3.05. The molecule has 0 amide bonds. The lowest BCUT2D eigenvalue weighted by atomic mass is 10.1. The van der Waals surface area contributed by atoms with E-state index < -0.39 is 0 Å². The van der Waals surface area contributed by atoms with Crippen molar-refractivity contribution >= 4 is 34.6 Å². The molecule has 1 aromatic rings. The van der Waals surface area contributed by atoms with Crippen LogP contribution in [-0.4, -0.2) is 11.4 Å². The molecule has 0 bridgehead atoms. The minimum Gasteiger partial charge on any atom is -0.264 e. The minimum absolute atomic E-state index is 0.277. The molecule has 90 valence electrons. The van der Waals surface area contributed by atoms with E-state index >= 15 is 0 Å². The van der Waals surface area contributed by atoms with Crippen LogP contribution in [0.25, 0.3) is 0 Å². The number of aliphatic imine (C=N–C) groups is 2. The number of benzene rings is 1. The van der Waals surface area contributed by atoms with Crippen LogP contribution in [0.5, 0.6) is 0 Å². The lowest BCUT2D eigenvalue weighted by molar-refractivity contribution is 1.48. The van der Waals surface area contributed by atoms with E-state index in [0.29, 0.717) is 16.1 Å². The van der Waals surface area contributed by atoms with Crippen LogP contribution in [0.2, 0.25) is 5.02 Å². The van der Waals surface area contributed by atoms with Crippen molar-refractivity contribution in [2.24, 2.45) is 9.98 Å². The largest absolute Gasteiger partial charge is 0.264 e. The molecule has 0 fully saturated rings. The molecule has 3 nitrogen and oxygen atoms in total. The van der Waals surface area contributed by atoms with Crippen LogP contribution in [0, 0.1) is 11.3 Å². The second kappa shape index (κ2) is 7.44. The molecule has 0 aliphatic heterocycles. The fraction of sp³-hybridized carbons (Fsp3) is 0. The summed E-state index contributed by atoms with van der Waals surface area (Å²) in [6, 6.07) is 7.14. The van der Waals surface area contributed by atoms with E-state index in [9.17, 15) is 0 Å². The van der Waals surface area contributed by atoms with Gasteiger partial charge < -0.3 is 0 Å². The molecular formula is C13H9Cl2N3. The molecule has 0 aliphatic carbocycles. The van der Waals surface area contributed by atoms with E-state index in [4.69, 9.17) is 28.5 Å². The molecule has 0 heterocycles. The van der Waals surface area contributed by atoms with Crippen LogP contribution >= 0.6 is 23.2 Å². The highest BCUT2D eigenvalue weighted by Crippen LogP contribution is 2.18. The lowest BCUT2D eigenvalue weighted by Gasteiger charge is -1.97. The number of allylic oxidation sites excluding steroid dienone is 1. The number of nitrogens with zero attached hydrogens (tertiary/aromatic N) is 3. The third-order valence-electron chi connectivity index (χ3n) is 1.88. The van der Waals surface area contributed by atoms with Gasteiger partial charge in [0.05, 0.1) is 10.6 Å². The number of hydrogen-bond donors (Lipinski definition) is 0. The monoisotopic (exact) mass is 277 g/mol. The van der Waals surface area contributed by atoms with Gasteiger partial charge in [0, 0.05) is 24.2 Å². The summed E-state index contributed by atoms with van der Waals surface area (Å²) in [4.78, 5) is 7.73. The van der Waals surface area contributed by atoms with Gasteiger partial charge in [-0.05, 0) is 12.1 Å². The predicted molar refractivity (Wildman–Crippen MR) is 76.4 cm³/mol. The van der Waals surface area contributed by atoms with Crippen molar-refractivity contribution in [3.63, 3.8) is 0 Å². The van der Waals surface area contributed by atoms with Gasteiger partial charge in [0.15, 0.2) is 0 Å². The van der Waals surface area contributed by atoms with Crippen molar-refractivity contribution < 1.29 is 0 Å². The number of rotatable bonds is 4. The van der Waals surface area contributed by atoms with Gasteiger partial charge in [0.2, 0.25) is 0 Å². The Labute approximate surface area is 115 Å². The molecule has 0 atom stereocenters. The Hall–Kier alpha value is -1.89. The van der Waals surface area contributed by atoms with Crippen LogP contribution in [0.3, 0.4) is 0 Å². The molecular weight excluding hydrogens is 269 g/mol. The Balaban J connectivity index is 2.83. The zero-order chi connectivity index (χ0) is 13.4. The smallest absolute Gasteiger partial charge is 0.130 e. The van der Waals surface area contributed by atoms with Gasteiger partial charge >= 0.3 is 0 Å². The van der Waals surface area contributed by atoms with Gasteiger partial charge in [0.25, 0.3) is 0 Å². The van der Waals surface area contributed by atoms with E-state index in [1.807, 2.05) is 6.07 Å². The fourth-order valence-corrected chi connectivity index (χ4v) is 1.44. The van der Waals surface area contributed by atoms with Gasteiger partial charge in [-0.15, -0.1) is 0 Å². The van der Waals surface area contributed by atoms with E-state index in [1.54, 1.807) is 18.2 Å². The van der Waals surface area contributed by atoms with E-state index in [1.165, 1.54) is 24.7 Å². The Kier molecular flexibility index (Phi) is 5.86. The first kappa shape index (κ1) is 14.2. The fourth-order valence-electron chi connectivity index (χ4n) is 1.09. The van der Waals surface area contributed by atoms with Gasteiger partial charge in [0.1, 0.15) is 11.2 Å². The van der Waals surface area contributed by atoms with Crippen LogP contribution in [0.4, 0.5) is 0 Å². The summed E-state index contributed by atoms with van der Waals surface area (Å²) in [6.07, 6.45) is 5.87. The van der Waals surface area contributed by atoms with Crippen molar-refractivity contribution in [3.8, 4) is 6.07 Å². The lowest BCUT2D eigenvalue weighted by Crippen LogP contribution is -1.86. The highest BCUT2D eigenvalue weighted by Gasteiger charge is 2.02. The third kappa shape index (κ3) is 4.17. The van der Waals surface area contributed by atoms with Gasteiger partial charge in [-0.3, -0.25) is 4.99 Å². The molecule has 18 heavy (non-hydrogen) atoms. The van der Waals surface area contributed by atoms with Crippen molar-refractivity contribution in [1.29, 1.82) is 5.26 Å². The molecule has 0 aliphatic rings. The maximum absolute atomic E-state index is 8.81. The minimum atomic E-state index is 0.277. The van der Waals surface area contributed by atoms with Crippen LogP contribution < -0.4 is 0 Å². The summed E-state index contributed by atoms with van der Waals surface area (Å²) >= 11 is 11.7. The Morgan fingerprint density at radius 1 is 1.44 bits per heavy atom. The topological polar surface area (TPSA) is 48.5 Å². The molecule has 0 aromatic heterocycles. The highest BCUT2D eigenvalue weighted by atomic mass is 35.5. The predicted octanol–water partition coefficient (Wildman–Crippen LogP) is 3.93. The zero-order valence-electron chi connectivity index (χ0n) is 9.35. The summed E-state index contributed by atoms with van der Waals surface area (Å²) in [5.74, 6) is 0. The maximum Gasteiger partial charge on any atom is 0.130 e.